The van der Waals surface area contributed by atoms with Crippen molar-refractivity contribution >= 4 is 61.6 Å². The van der Waals surface area contributed by atoms with Gasteiger partial charge in [-0.1, -0.05) is 0 Å². The van der Waals surface area contributed by atoms with E-state index in [1.165, 1.54) is 8.65 Å². The fraction of sp³-hybridized carbons (Fsp3) is 0.421. The second-order valence-electron chi connectivity index (χ2n) is 8.87. The van der Waals surface area contributed by atoms with Gasteiger partial charge in [-0.25, -0.2) is 0 Å². The van der Waals surface area contributed by atoms with Crippen LogP contribution in [0.25, 0.3) is 10.9 Å². The minimum atomic E-state index is -1.45. The molecule has 2 heterocycles. The van der Waals surface area contributed by atoms with Gasteiger partial charge in [-0.3, -0.25) is 0 Å². The van der Waals surface area contributed by atoms with Crippen LogP contribution in [-0.2, 0) is 15.8 Å². The van der Waals surface area contributed by atoms with Gasteiger partial charge in [0.05, 0.1) is 0 Å². The molecule has 24 heavy (non-hydrogen) atoms. The zero-order valence-corrected chi connectivity index (χ0v) is 24.1. The summed E-state index contributed by atoms with van der Waals surface area (Å²) in [4.78, 5) is 3.88. The molecule has 2 nitrogen and oxygen atoms in total. The number of fused-ring (bicyclic) bond motifs is 3. The third-order valence-corrected chi connectivity index (χ3v) is 25.9. The molecule has 0 saturated carbocycles. The standard InChI is InChI=1S/C14H10N2.C5H9.K.U.V/c1-14(2,3)8-7-11-5-6-13(16-4)12(9-11)10-15;1-5(2,3)4;;;/h7H,1-3H3;1-3H3;;;. The van der Waals surface area contributed by atoms with Gasteiger partial charge in [0, 0.05) is 0 Å². The molecule has 0 atom stereocenters. The Labute approximate surface area is 190 Å². The predicted molar refractivity (Wildman–Crippen MR) is 92.4 cm³/mol. The number of allylic oxidation sites excluding steroid dienone is 1. The fourth-order valence-electron chi connectivity index (χ4n) is 3.55. The summed E-state index contributed by atoms with van der Waals surface area (Å²) in [6, 6.07) is 2.44. The maximum absolute atomic E-state index is 9.80. The van der Waals surface area contributed by atoms with Crippen LogP contribution in [0, 0.1) is 59.0 Å². The third-order valence-electron chi connectivity index (χ3n) is 5.21. The molecule has 2 aliphatic heterocycles. The molecule has 0 fully saturated rings. The maximum atomic E-state index is 9.80. The van der Waals surface area contributed by atoms with Gasteiger partial charge in [0.25, 0.3) is 0 Å². The molecule has 1 aromatic carbocycles. The molecule has 0 unspecified atom stereocenters. The van der Waals surface area contributed by atoms with Gasteiger partial charge in [-0.05, 0) is 0 Å². The molecule has 2 aliphatic rings. The Kier molecular flexibility index (Phi) is 5.71. The number of benzene rings is 1. The van der Waals surface area contributed by atoms with Crippen molar-refractivity contribution in [2.75, 3.05) is 0 Å². The first-order chi connectivity index (χ1) is 11.1. The van der Waals surface area contributed by atoms with Gasteiger partial charge in [0.2, 0.25) is 0 Å². The van der Waals surface area contributed by atoms with Crippen molar-refractivity contribution in [2.45, 2.75) is 41.5 Å². The van der Waals surface area contributed by atoms with Gasteiger partial charge in [-0.2, -0.15) is 0 Å². The summed E-state index contributed by atoms with van der Waals surface area (Å²) < 4.78 is 7.73. The van der Waals surface area contributed by atoms with Crippen LogP contribution in [0.1, 0.15) is 52.7 Å². The number of nitriles is 1. The SMILES string of the molecule is [C-]#[N+]c1c(C#N)[c]2c([c]3[c]1=[V][C](C(C)(C)C)=[U]3)C=[C](C(C)(C)C)[K]=2. The Balaban J connectivity index is 2.44. The number of hydrogen-bond donors (Lipinski definition) is 0. The van der Waals surface area contributed by atoms with Crippen LogP contribution in [0.5, 0.6) is 0 Å². The van der Waals surface area contributed by atoms with E-state index in [9.17, 15) is 5.26 Å². The molecule has 4 radical (unpaired) electrons. The topological polar surface area (TPSA) is 28.1 Å². The van der Waals surface area contributed by atoms with E-state index in [2.05, 4.69) is 58.5 Å². The zero-order chi connectivity index (χ0) is 17.9. The van der Waals surface area contributed by atoms with E-state index < -0.39 is 73.2 Å². The number of hydrogen-bond acceptors (Lipinski definition) is 1. The number of rotatable bonds is 0. The van der Waals surface area contributed by atoms with Crippen molar-refractivity contribution in [3.63, 3.8) is 0 Å². The van der Waals surface area contributed by atoms with Gasteiger partial charge in [-0.15, -0.1) is 0 Å². The van der Waals surface area contributed by atoms with E-state index in [0.717, 1.165) is 11.3 Å². The second kappa shape index (κ2) is 6.91. The van der Waals surface area contributed by atoms with E-state index >= 15 is 0 Å². The van der Waals surface area contributed by atoms with E-state index in [-0.39, 0.29) is 26.7 Å². The molecule has 1 aromatic rings. The molecule has 0 N–H and O–H groups in total. The molecular weight excluding hydrogens is 584 g/mol. The molecule has 3 rings (SSSR count). The summed E-state index contributed by atoms with van der Waals surface area (Å²) in [5, 5.41) is 9.80. The van der Waals surface area contributed by atoms with Crippen LogP contribution in [0.15, 0.2) is -0.332 Å². The van der Waals surface area contributed by atoms with Crippen molar-refractivity contribution in [3.05, 3.63) is 25.3 Å². The molecule has 0 spiro atoms. The Morgan fingerprint density at radius 2 is 1.88 bits per heavy atom. The average Bonchev–Trinajstić information content (AvgIpc) is 3.07. The summed E-state index contributed by atoms with van der Waals surface area (Å²) >= 11 is -2.66. The van der Waals surface area contributed by atoms with Crippen LogP contribution in [0.4, 0.5) is 5.69 Å². The monoisotopic (exact) mass is 603 g/mol. The molecule has 115 valence electrons. The first kappa shape index (κ1) is 19.8. The van der Waals surface area contributed by atoms with E-state index in [1.54, 1.807) is 3.50 Å². The molecule has 5 heteroatoms. The molecule has 0 amide bonds. The van der Waals surface area contributed by atoms with Crippen LogP contribution in [0.2, 0.25) is 0 Å². The van der Waals surface area contributed by atoms with Crippen LogP contribution < -0.4 is 2.60 Å². The first-order valence-electron chi connectivity index (χ1n) is 8.45. The van der Waals surface area contributed by atoms with Crippen LogP contribution >= 0.6 is 0 Å². The molecule has 0 aliphatic carbocycles. The Bertz CT molecular complexity index is 951. The molecular formula is C19H19KN2UV. The van der Waals surface area contributed by atoms with Crippen molar-refractivity contribution in [1.29, 1.82) is 5.26 Å². The van der Waals surface area contributed by atoms with Crippen LogP contribution in [0.3, 0.4) is 0 Å². The quantitative estimate of drug-likeness (QED) is 0.329. The fourth-order valence-corrected chi connectivity index (χ4v) is 23.0. The third kappa shape index (κ3) is 3.45. The first-order valence-corrected chi connectivity index (χ1v) is 17.1. The molecule has 0 saturated heterocycles. The zero-order valence-electron chi connectivity index (χ0n) is 15.4. The normalized spacial score (nSPS) is 15.0. The Hall–Kier alpha value is 1.08. The minimum absolute atomic E-state index is 0.0246. The van der Waals surface area contributed by atoms with Crippen molar-refractivity contribution in [3.8, 4) is 6.07 Å². The van der Waals surface area contributed by atoms with E-state index in [4.69, 9.17) is 6.57 Å². The summed E-state index contributed by atoms with van der Waals surface area (Å²) in [6.07, 6.45) is 2.46. The van der Waals surface area contributed by atoms with Gasteiger partial charge >= 0.3 is 194 Å². The van der Waals surface area contributed by atoms with Gasteiger partial charge < -0.3 is 0 Å². The summed E-state index contributed by atoms with van der Waals surface area (Å²) in [5.74, 6) is 0. The summed E-state index contributed by atoms with van der Waals surface area (Å²) in [6.45, 7) is 21.6. The second-order valence-corrected chi connectivity index (χ2v) is 22.6. The Morgan fingerprint density at radius 3 is 2.38 bits per heavy atom. The summed E-state index contributed by atoms with van der Waals surface area (Å²) in [7, 11) is 0. The van der Waals surface area contributed by atoms with E-state index in [0.29, 0.717) is 0 Å². The van der Waals surface area contributed by atoms with Crippen molar-refractivity contribution < 1.29 is 43.1 Å². The average molecular weight is 603 g/mol. The van der Waals surface area contributed by atoms with Gasteiger partial charge in [0.15, 0.2) is 0 Å². The molecule has 0 bridgehead atoms. The number of nitrogens with zero attached hydrogens (tertiary/aromatic N) is 2. The molecule has 0 aromatic heterocycles. The van der Waals surface area contributed by atoms with Crippen molar-refractivity contribution in [1.82, 2.24) is 0 Å². The summed E-state index contributed by atoms with van der Waals surface area (Å²) in [5.41, 5.74) is 3.47. The van der Waals surface area contributed by atoms with Gasteiger partial charge in [0.1, 0.15) is 0 Å². The van der Waals surface area contributed by atoms with Crippen LogP contribution in [-0.4, -0.2) is 47.2 Å². The predicted octanol–water partition coefficient (Wildman–Crippen LogP) is 3.70. The van der Waals surface area contributed by atoms with Crippen molar-refractivity contribution in [2.24, 2.45) is 10.8 Å². The Morgan fingerprint density at radius 1 is 1.21 bits per heavy atom. The van der Waals surface area contributed by atoms with E-state index in [1.807, 2.05) is 0 Å².